The third-order valence-corrected chi connectivity index (χ3v) is 4.29. The Morgan fingerprint density at radius 1 is 1.59 bits per heavy atom. The lowest BCUT2D eigenvalue weighted by molar-refractivity contribution is -0.188. The van der Waals surface area contributed by atoms with Gasteiger partial charge in [-0.3, -0.25) is 10.2 Å². The van der Waals surface area contributed by atoms with Crippen LogP contribution in [0.2, 0.25) is 0 Å². The zero-order valence-corrected chi connectivity index (χ0v) is 15.4. The first-order valence-electron chi connectivity index (χ1n) is 9.50. The van der Waals surface area contributed by atoms with Crippen LogP contribution in [0.1, 0.15) is 31.8 Å². The predicted molar refractivity (Wildman–Crippen MR) is 94.5 cm³/mol. The van der Waals surface area contributed by atoms with E-state index in [1.807, 2.05) is 0 Å². The minimum atomic E-state index is -3.68. The Bertz CT molecular complexity index is 752. The lowest BCUT2D eigenvalue weighted by atomic mass is 9.73. The van der Waals surface area contributed by atoms with Gasteiger partial charge < -0.3 is 41.5 Å². The van der Waals surface area contributed by atoms with Crippen molar-refractivity contribution in [3.8, 4) is 0 Å². The van der Waals surface area contributed by atoms with Crippen LogP contribution in [0, 0.1) is 11.3 Å². The number of carboxylic acids is 1. The smallest absolute Gasteiger partial charge is 0.370 e. The van der Waals surface area contributed by atoms with Gasteiger partial charge in [0.1, 0.15) is 17.2 Å². The molecule has 154 valence electrons. The van der Waals surface area contributed by atoms with Crippen LogP contribution in [-0.2, 0) is 14.3 Å². The number of carbonyl (C=O) groups is 2. The number of carboxylic acid groups (broad SMARTS) is 1. The van der Waals surface area contributed by atoms with Crippen molar-refractivity contribution in [2.45, 2.75) is 57.1 Å². The van der Waals surface area contributed by atoms with Crippen LogP contribution in [-0.4, -0.2) is 74.2 Å². The highest BCUT2D eigenvalue weighted by Crippen LogP contribution is 2.36. The van der Waals surface area contributed by atoms with Crippen molar-refractivity contribution in [2.75, 3.05) is 6.56 Å². The van der Waals surface area contributed by atoms with Crippen molar-refractivity contribution < 1.29 is 38.9 Å². The summed E-state index contributed by atoms with van der Waals surface area (Å²) in [6.07, 6.45) is -4.69. The summed E-state index contributed by atoms with van der Waals surface area (Å²) in [6.45, 7) is 1.39. The molecule has 0 saturated heterocycles. The van der Waals surface area contributed by atoms with E-state index in [-0.39, 0.29) is 0 Å². The first-order valence-corrected chi connectivity index (χ1v) is 8.00. The number of rotatable bonds is 7. The number of hydrogen-bond acceptors (Lipinski definition) is 7. The molecule has 0 aromatic heterocycles. The Kier molecular flexibility index (Phi) is 5.41. The summed E-state index contributed by atoms with van der Waals surface area (Å²) in [4.78, 5) is 24.0. The van der Waals surface area contributed by atoms with E-state index in [1.165, 1.54) is 20.8 Å². The third kappa shape index (κ3) is 4.67. The highest BCUT2D eigenvalue weighted by atomic mass is 16.5. The van der Waals surface area contributed by atoms with Crippen LogP contribution in [0.4, 0.5) is 0 Å². The predicted octanol–water partition coefficient (Wildman–Crippen LogP) is -2.16. The lowest BCUT2D eigenvalue weighted by Crippen LogP contribution is -2.75. The van der Waals surface area contributed by atoms with E-state index in [0.717, 1.165) is 13.0 Å². The molecule has 1 rings (SSSR count). The molecule has 9 N–H and O–H groups in total. The quantitative estimate of drug-likeness (QED) is 0.176. The van der Waals surface area contributed by atoms with E-state index in [0.29, 0.717) is 0 Å². The lowest BCUT2D eigenvalue weighted by Gasteiger charge is -2.51. The number of ether oxygens (including phenoxy) is 1. The standard InChI is InChI=1S/C16H28N4O7/c1-7(2)11(23)20-15(3)9(19-14(17)18)5-8(12(24)25)27-13(15)16(4,26)10(22)6-21/h5,7,9-10,13,21-22,26H,6H2,1-4H3,(H,20,23)(H,24,25)(H4,17,18,19)/t9-,10+,13+,15+,16+/m0/s1/i6D2,10D. The molecule has 1 amide bonds. The van der Waals surface area contributed by atoms with E-state index < -0.39 is 65.4 Å². The van der Waals surface area contributed by atoms with Crippen LogP contribution >= 0.6 is 0 Å². The minimum Gasteiger partial charge on any atom is -0.478 e. The molecule has 0 fully saturated rings. The molecule has 5 atom stereocenters. The van der Waals surface area contributed by atoms with Gasteiger partial charge in [-0.05, 0) is 19.9 Å². The van der Waals surface area contributed by atoms with Gasteiger partial charge in [0.2, 0.25) is 11.7 Å². The molecule has 1 aliphatic heterocycles. The highest BCUT2D eigenvalue weighted by molar-refractivity contribution is 5.86. The van der Waals surface area contributed by atoms with Crippen LogP contribution in [0.5, 0.6) is 0 Å². The number of aliphatic hydroxyl groups is 3. The SMILES string of the molecule is [2H]C([2H])(O)[C@@]([2H])(O)[C@@](C)(O)[C@@H]1OC(C(=O)O)=C[C@H](NC(=N)N)[C@@]1(C)NC(=O)C(C)C. The second-order valence-corrected chi connectivity index (χ2v) is 6.90. The van der Waals surface area contributed by atoms with Crippen molar-refractivity contribution in [3.63, 3.8) is 0 Å². The van der Waals surface area contributed by atoms with Gasteiger partial charge in [-0.15, -0.1) is 0 Å². The summed E-state index contributed by atoms with van der Waals surface area (Å²) < 4.78 is 27.8. The molecule has 0 aromatic rings. The van der Waals surface area contributed by atoms with Gasteiger partial charge in [0.05, 0.1) is 16.7 Å². The Labute approximate surface area is 160 Å². The number of aliphatic carboxylic acids is 1. The molecule has 0 spiro atoms. The van der Waals surface area contributed by atoms with E-state index in [4.69, 9.17) is 20.0 Å². The number of amides is 1. The Hall–Kier alpha value is -2.37. The average molecular weight is 391 g/mol. The molecule has 11 heteroatoms. The van der Waals surface area contributed by atoms with Crippen LogP contribution < -0.4 is 16.4 Å². The molecular weight excluding hydrogens is 360 g/mol. The van der Waals surface area contributed by atoms with Gasteiger partial charge in [0.15, 0.2) is 12.1 Å². The first kappa shape index (κ1) is 18.0. The maximum atomic E-state index is 12.5. The first-order chi connectivity index (χ1) is 13.3. The molecule has 27 heavy (non-hydrogen) atoms. The Morgan fingerprint density at radius 3 is 2.56 bits per heavy atom. The van der Waals surface area contributed by atoms with Crippen molar-refractivity contribution in [1.82, 2.24) is 10.6 Å². The molecule has 1 aliphatic rings. The molecule has 1 heterocycles. The zero-order chi connectivity index (χ0) is 23.9. The van der Waals surface area contributed by atoms with E-state index in [1.54, 1.807) is 0 Å². The van der Waals surface area contributed by atoms with Gasteiger partial charge in [-0.2, -0.15) is 0 Å². The number of guanidine groups is 1. The fraction of sp³-hybridized carbons (Fsp3) is 0.688. The largest absolute Gasteiger partial charge is 0.478 e. The number of hydrogen-bond donors (Lipinski definition) is 8. The maximum Gasteiger partial charge on any atom is 0.370 e. The van der Waals surface area contributed by atoms with Gasteiger partial charge in [0, 0.05) is 5.92 Å². The Balaban J connectivity index is 3.76. The summed E-state index contributed by atoms with van der Waals surface area (Å²) in [7, 11) is 0. The fourth-order valence-electron chi connectivity index (χ4n) is 2.75. The van der Waals surface area contributed by atoms with E-state index in [2.05, 4.69) is 10.6 Å². The van der Waals surface area contributed by atoms with E-state index in [9.17, 15) is 30.0 Å². The molecule has 0 radical (unpaired) electrons. The second kappa shape index (κ2) is 8.11. The molecule has 0 aromatic carbocycles. The number of carbonyl (C=O) groups excluding carboxylic acids is 1. The summed E-state index contributed by atoms with van der Waals surface area (Å²) in [5.41, 5.74) is 0.476. The zero-order valence-electron chi connectivity index (χ0n) is 18.4. The van der Waals surface area contributed by atoms with E-state index >= 15 is 0 Å². The topological polar surface area (TPSA) is 198 Å². The van der Waals surface area contributed by atoms with Crippen molar-refractivity contribution in [1.29, 1.82) is 5.41 Å². The highest BCUT2D eigenvalue weighted by Gasteiger charge is 2.57. The van der Waals surface area contributed by atoms with Gasteiger partial charge in [-0.25, -0.2) is 4.79 Å². The van der Waals surface area contributed by atoms with Crippen molar-refractivity contribution in [2.24, 2.45) is 11.7 Å². The maximum absolute atomic E-state index is 12.5. The van der Waals surface area contributed by atoms with Gasteiger partial charge >= 0.3 is 5.97 Å². The molecule has 11 nitrogen and oxygen atoms in total. The Morgan fingerprint density at radius 2 is 2.15 bits per heavy atom. The summed E-state index contributed by atoms with van der Waals surface area (Å²) in [5, 5.41) is 52.7. The van der Waals surface area contributed by atoms with Crippen LogP contribution in [0.25, 0.3) is 0 Å². The number of nitrogens with two attached hydrogens (primary N) is 1. The van der Waals surface area contributed by atoms with Crippen molar-refractivity contribution >= 4 is 17.8 Å². The number of nitrogens with one attached hydrogen (secondary N) is 3. The average Bonchev–Trinajstić information content (AvgIpc) is 2.54. The summed E-state index contributed by atoms with van der Waals surface area (Å²) >= 11 is 0. The monoisotopic (exact) mass is 391 g/mol. The van der Waals surface area contributed by atoms with Gasteiger partial charge in [0.25, 0.3) is 0 Å². The van der Waals surface area contributed by atoms with Gasteiger partial charge in [-0.1, -0.05) is 13.8 Å². The molecule has 0 aliphatic carbocycles. The molecule has 0 unspecified atom stereocenters. The van der Waals surface area contributed by atoms with Crippen molar-refractivity contribution in [3.05, 3.63) is 11.8 Å². The third-order valence-electron chi connectivity index (χ3n) is 4.29. The normalized spacial score (nSPS) is 31.7. The second-order valence-electron chi connectivity index (χ2n) is 6.90. The summed E-state index contributed by atoms with van der Waals surface area (Å²) in [6, 6.07) is -1.31. The minimum absolute atomic E-state index is 0.602. The summed E-state index contributed by atoms with van der Waals surface area (Å²) in [5.74, 6) is -4.25. The molecular formula is C16H28N4O7. The molecule has 0 bridgehead atoms. The van der Waals surface area contributed by atoms with Crippen LogP contribution in [0.3, 0.4) is 0 Å². The fourth-order valence-corrected chi connectivity index (χ4v) is 2.75. The molecule has 0 saturated carbocycles. The van der Waals surface area contributed by atoms with Crippen LogP contribution in [0.15, 0.2) is 11.8 Å².